The highest BCUT2D eigenvalue weighted by Crippen LogP contribution is 2.50. The summed E-state index contributed by atoms with van der Waals surface area (Å²) < 4.78 is 17.9. The number of ketones is 1. The fraction of sp³-hybridized carbons (Fsp3) is 0.500. The molecule has 0 saturated carbocycles. The van der Waals surface area contributed by atoms with E-state index in [4.69, 9.17) is 32.0 Å². The molecule has 0 aliphatic carbocycles. The van der Waals surface area contributed by atoms with Gasteiger partial charge >= 0.3 is 17.9 Å². The van der Waals surface area contributed by atoms with Crippen LogP contribution in [0.5, 0.6) is 0 Å². The molecule has 4 rings (SSSR count). The van der Waals surface area contributed by atoms with Crippen molar-refractivity contribution in [1.29, 1.82) is 0 Å². The van der Waals surface area contributed by atoms with Crippen molar-refractivity contribution in [3.8, 4) is 0 Å². The van der Waals surface area contributed by atoms with E-state index in [0.29, 0.717) is 0 Å². The molecule has 4 N–H and O–H groups in total. The number of aliphatic carboxylic acids is 2. The number of β-lactam (4-membered cyclic amide) rings is 1. The number of amides is 1. The first-order chi connectivity index (χ1) is 16.4. The van der Waals surface area contributed by atoms with Crippen LogP contribution in [0.4, 0.5) is 5.13 Å². The third-order valence-corrected chi connectivity index (χ3v) is 8.73. The quantitative estimate of drug-likeness (QED) is 0.161. The van der Waals surface area contributed by atoms with Crippen molar-refractivity contribution in [2.45, 2.75) is 37.0 Å². The first kappa shape index (κ1) is 25.0. The van der Waals surface area contributed by atoms with Crippen LogP contribution < -0.4 is 5.73 Å². The summed E-state index contributed by atoms with van der Waals surface area (Å²) in [5.41, 5.74) is 2.62. The molecular formula is C18H17ClN4O10S2. The standard InChI is InChI=1S/C18H17ClN4O10S2/c1-5(15(27)28)33-22-10(11-12(19)34-17(20)21-11)8(24)3-7-13(26)23-14(7)35(31)4-6-2-9(25)32-18(6,23)16(29)30/h5-7,14H,2-4H2,1H3,(H2,20,21)(H,27,28)(H,29,30)/b22-10+/t5-,6+,7-,14-,18-,35+/m1/s1. The van der Waals surface area contributed by atoms with Gasteiger partial charge in [0.05, 0.1) is 18.3 Å². The largest absolute Gasteiger partial charge is 0.478 e. The summed E-state index contributed by atoms with van der Waals surface area (Å²) in [5.74, 6) is -7.92. The zero-order chi connectivity index (χ0) is 25.8. The Kier molecular flexibility index (Phi) is 6.31. The molecule has 1 amide bonds. The number of hydrogen-bond donors (Lipinski definition) is 3. The summed E-state index contributed by atoms with van der Waals surface area (Å²) in [7, 11) is -1.79. The Morgan fingerprint density at radius 2 is 2.11 bits per heavy atom. The van der Waals surface area contributed by atoms with E-state index in [9.17, 15) is 33.3 Å². The van der Waals surface area contributed by atoms with Gasteiger partial charge in [-0.25, -0.2) is 14.6 Å². The second-order valence-corrected chi connectivity index (χ2v) is 11.2. The second-order valence-electron chi connectivity index (χ2n) is 7.96. The van der Waals surface area contributed by atoms with Crippen molar-refractivity contribution in [2.75, 3.05) is 11.5 Å². The first-order valence-corrected chi connectivity index (χ1v) is 12.5. The number of carbonyl (C=O) groups excluding carboxylic acids is 3. The fourth-order valence-corrected chi connectivity index (χ4v) is 7.14. The zero-order valence-corrected chi connectivity index (χ0v) is 20.1. The van der Waals surface area contributed by atoms with E-state index >= 15 is 0 Å². The molecule has 188 valence electrons. The van der Waals surface area contributed by atoms with E-state index in [-0.39, 0.29) is 27.3 Å². The summed E-state index contributed by atoms with van der Waals surface area (Å²) in [6.07, 6.45) is -2.35. The maximum absolute atomic E-state index is 13.1. The van der Waals surface area contributed by atoms with Gasteiger partial charge in [-0.1, -0.05) is 28.1 Å². The molecule has 0 spiro atoms. The number of carboxylic acid groups (broad SMARTS) is 2. The minimum Gasteiger partial charge on any atom is -0.478 e. The van der Waals surface area contributed by atoms with E-state index in [0.717, 1.165) is 23.2 Å². The molecule has 0 aromatic carbocycles. The van der Waals surface area contributed by atoms with Crippen molar-refractivity contribution in [1.82, 2.24) is 9.88 Å². The second kappa shape index (κ2) is 8.83. The molecule has 14 nitrogen and oxygen atoms in total. The van der Waals surface area contributed by atoms with Crippen LogP contribution in [-0.4, -0.2) is 82.6 Å². The Morgan fingerprint density at radius 3 is 2.69 bits per heavy atom. The fourth-order valence-electron chi connectivity index (χ4n) is 4.20. The number of hydrogen-bond acceptors (Lipinski definition) is 12. The molecule has 3 fully saturated rings. The molecule has 6 atom stereocenters. The van der Waals surface area contributed by atoms with Crippen molar-refractivity contribution in [2.24, 2.45) is 17.0 Å². The monoisotopic (exact) mass is 548 g/mol. The van der Waals surface area contributed by atoms with Crippen LogP contribution in [-0.2, 0) is 44.3 Å². The number of nitrogens with two attached hydrogens (primary N) is 1. The number of esters is 1. The SMILES string of the molecule is C[C@@H](O/N=C(\C(=O)C[C@@H]1C(=O)N2[C@@H]1[S@@](=O)C[C@@H]1CC(=O)O[C@@]12C(=O)O)c1nc(N)sc1Cl)C(=O)O. The lowest BCUT2D eigenvalue weighted by molar-refractivity contribution is -0.220. The highest BCUT2D eigenvalue weighted by molar-refractivity contribution is 7.85. The lowest BCUT2D eigenvalue weighted by Crippen LogP contribution is -2.78. The number of fused-ring (bicyclic) bond motifs is 3. The van der Waals surface area contributed by atoms with Gasteiger partial charge in [0.25, 0.3) is 5.72 Å². The number of aromatic nitrogens is 1. The van der Waals surface area contributed by atoms with Crippen molar-refractivity contribution >= 4 is 74.2 Å². The number of anilines is 1. The van der Waals surface area contributed by atoms with Gasteiger partial charge in [-0.3, -0.25) is 23.5 Å². The molecule has 0 bridgehead atoms. The third kappa shape index (κ3) is 3.94. The predicted molar refractivity (Wildman–Crippen MR) is 118 cm³/mol. The molecule has 1 aromatic heterocycles. The summed E-state index contributed by atoms with van der Waals surface area (Å²) in [6, 6.07) is 0. The van der Waals surface area contributed by atoms with Crippen LogP contribution in [0.1, 0.15) is 25.5 Å². The molecule has 4 heterocycles. The normalized spacial score (nSPS) is 30.6. The van der Waals surface area contributed by atoms with Crippen LogP contribution in [0.2, 0.25) is 4.34 Å². The van der Waals surface area contributed by atoms with Crippen molar-refractivity contribution in [3.63, 3.8) is 0 Å². The van der Waals surface area contributed by atoms with Gasteiger partial charge < -0.3 is 25.5 Å². The number of nitrogens with zero attached hydrogens (tertiary/aromatic N) is 3. The topological polar surface area (TPSA) is 216 Å². The lowest BCUT2D eigenvalue weighted by atomic mass is 9.84. The summed E-state index contributed by atoms with van der Waals surface area (Å²) in [6.45, 7) is 1.16. The maximum Gasteiger partial charge on any atom is 0.370 e. The summed E-state index contributed by atoms with van der Waals surface area (Å²) in [5, 5.41) is 21.2. The minimum atomic E-state index is -2.28. The molecule has 3 aliphatic heterocycles. The molecule has 35 heavy (non-hydrogen) atoms. The van der Waals surface area contributed by atoms with Gasteiger partial charge in [-0.2, -0.15) is 0 Å². The van der Waals surface area contributed by atoms with Crippen LogP contribution in [0, 0.1) is 11.8 Å². The lowest BCUT2D eigenvalue weighted by Gasteiger charge is -2.56. The number of oxime groups is 1. The van der Waals surface area contributed by atoms with Gasteiger partial charge in [-0.05, 0) is 6.92 Å². The third-order valence-electron chi connectivity index (χ3n) is 5.83. The Labute approximate surface area is 207 Å². The molecular weight excluding hydrogens is 532 g/mol. The number of rotatable bonds is 8. The molecule has 0 unspecified atom stereocenters. The molecule has 3 saturated heterocycles. The number of nitrogen functional groups attached to an aromatic ring is 1. The van der Waals surface area contributed by atoms with E-state index in [1.54, 1.807) is 0 Å². The zero-order valence-electron chi connectivity index (χ0n) is 17.7. The van der Waals surface area contributed by atoms with E-state index < -0.39 is 81.6 Å². The number of Topliss-reactive ketones (excluding diaryl/α,β-unsaturated/α-hetero) is 1. The van der Waals surface area contributed by atoms with Crippen LogP contribution in [0.15, 0.2) is 5.16 Å². The van der Waals surface area contributed by atoms with Crippen molar-refractivity contribution in [3.05, 3.63) is 10.0 Å². The Balaban J connectivity index is 1.62. The smallest absolute Gasteiger partial charge is 0.370 e. The highest BCUT2D eigenvalue weighted by atomic mass is 35.5. The van der Waals surface area contributed by atoms with Crippen LogP contribution in [0.3, 0.4) is 0 Å². The number of halogens is 1. The van der Waals surface area contributed by atoms with Gasteiger partial charge in [-0.15, -0.1) is 0 Å². The van der Waals surface area contributed by atoms with Crippen LogP contribution >= 0.6 is 22.9 Å². The average molecular weight is 549 g/mol. The highest BCUT2D eigenvalue weighted by Gasteiger charge is 2.72. The average Bonchev–Trinajstić information content (AvgIpc) is 3.28. The number of thiazole rings is 1. The van der Waals surface area contributed by atoms with Crippen molar-refractivity contribution < 1.29 is 48.0 Å². The summed E-state index contributed by atoms with van der Waals surface area (Å²) >= 11 is 6.89. The van der Waals surface area contributed by atoms with E-state index in [1.807, 2.05) is 0 Å². The predicted octanol–water partition coefficient (Wildman–Crippen LogP) is -0.577. The van der Waals surface area contributed by atoms with Crippen LogP contribution in [0.25, 0.3) is 0 Å². The Hall–Kier alpha value is -3.11. The van der Waals surface area contributed by atoms with Gasteiger partial charge in [0.2, 0.25) is 12.0 Å². The number of ether oxygens (including phenoxy) is 1. The van der Waals surface area contributed by atoms with Gasteiger partial charge in [0.15, 0.2) is 16.6 Å². The Morgan fingerprint density at radius 1 is 1.43 bits per heavy atom. The summed E-state index contributed by atoms with van der Waals surface area (Å²) in [4.78, 5) is 70.6. The molecule has 3 aliphatic rings. The molecule has 0 radical (unpaired) electrons. The molecule has 1 aromatic rings. The number of carboxylic acids is 2. The first-order valence-electron chi connectivity index (χ1n) is 9.96. The van der Waals surface area contributed by atoms with Gasteiger partial charge in [0.1, 0.15) is 15.4 Å². The van der Waals surface area contributed by atoms with E-state index in [1.165, 1.54) is 0 Å². The Bertz CT molecular complexity index is 1220. The molecule has 17 heteroatoms. The maximum atomic E-state index is 13.1. The van der Waals surface area contributed by atoms with E-state index in [2.05, 4.69) is 10.1 Å². The van der Waals surface area contributed by atoms with Gasteiger partial charge in [0, 0.05) is 23.0 Å². The minimum absolute atomic E-state index is 0.0199. The number of carbonyl (C=O) groups is 5.